The molecule has 0 radical (unpaired) electrons. The lowest BCUT2D eigenvalue weighted by molar-refractivity contribution is 0.0652. The van der Waals surface area contributed by atoms with E-state index in [9.17, 15) is 4.79 Å². The van der Waals surface area contributed by atoms with E-state index < -0.39 is 0 Å². The monoisotopic (exact) mass is 276 g/mol. The van der Waals surface area contributed by atoms with E-state index in [0.717, 1.165) is 49.9 Å². The van der Waals surface area contributed by atoms with Crippen molar-refractivity contribution in [3.05, 3.63) is 35.4 Å². The van der Waals surface area contributed by atoms with Crippen molar-refractivity contribution < 1.29 is 9.90 Å². The molecule has 1 aromatic carbocycles. The number of hydrogen-bond donors (Lipinski definition) is 2. The first-order chi connectivity index (χ1) is 9.76. The first kappa shape index (κ1) is 15.0. The fraction of sp³-hybridized carbons (Fsp3) is 0.562. The van der Waals surface area contributed by atoms with E-state index in [1.165, 1.54) is 0 Å². The number of piperidine rings is 1. The predicted molar refractivity (Wildman–Crippen MR) is 79.5 cm³/mol. The molecule has 1 atom stereocenters. The lowest BCUT2D eigenvalue weighted by Crippen LogP contribution is -2.40. The van der Waals surface area contributed by atoms with Crippen LogP contribution in [-0.4, -0.2) is 42.2 Å². The third kappa shape index (κ3) is 3.58. The number of carbonyl (C=O) groups excluding carboxylic acids is 1. The molecule has 3 N–H and O–H groups in total. The Morgan fingerprint density at radius 3 is 2.95 bits per heavy atom. The Morgan fingerprint density at radius 2 is 2.20 bits per heavy atom. The van der Waals surface area contributed by atoms with Crippen molar-refractivity contribution in [3.63, 3.8) is 0 Å². The molecular formula is C16H24N2O2. The predicted octanol–water partition coefficient (Wildman–Crippen LogP) is 1.42. The van der Waals surface area contributed by atoms with Gasteiger partial charge < -0.3 is 15.7 Å². The van der Waals surface area contributed by atoms with Gasteiger partial charge in [0.15, 0.2) is 0 Å². The highest BCUT2D eigenvalue weighted by atomic mass is 16.3. The number of aliphatic hydroxyl groups excluding tert-OH is 1. The standard InChI is InChI=1S/C16H24N2O2/c17-9-7-14-5-1-2-6-15(14)16(20)18-10-3-4-13(12-18)8-11-19/h1-2,5-6,13,19H,3-4,7-12,17H2. The van der Waals surface area contributed by atoms with Crippen LogP contribution in [0.15, 0.2) is 24.3 Å². The van der Waals surface area contributed by atoms with Gasteiger partial charge in [0, 0.05) is 25.3 Å². The second-order valence-corrected chi connectivity index (χ2v) is 5.47. The number of amides is 1. The SMILES string of the molecule is NCCc1ccccc1C(=O)N1CCCC(CCO)C1. The average Bonchev–Trinajstić information content (AvgIpc) is 2.48. The van der Waals surface area contributed by atoms with Gasteiger partial charge in [-0.3, -0.25) is 4.79 Å². The molecule has 0 spiro atoms. The van der Waals surface area contributed by atoms with Crippen LogP contribution in [0.5, 0.6) is 0 Å². The number of rotatable bonds is 5. The molecule has 0 aliphatic carbocycles. The number of benzene rings is 1. The Hall–Kier alpha value is -1.39. The van der Waals surface area contributed by atoms with Crippen LogP contribution < -0.4 is 5.73 Å². The quantitative estimate of drug-likeness (QED) is 0.855. The minimum atomic E-state index is 0.108. The molecular weight excluding hydrogens is 252 g/mol. The fourth-order valence-electron chi connectivity index (χ4n) is 2.94. The van der Waals surface area contributed by atoms with Crippen LogP contribution in [0.4, 0.5) is 0 Å². The second kappa shape index (κ2) is 7.41. The Labute approximate surface area is 120 Å². The zero-order chi connectivity index (χ0) is 14.4. The topological polar surface area (TPSA) is 66.6 Å². The molecule has 1 fully saturated rings. The summed E-state index contributed by atoms with van der Waals surface area (Å²) in [5.41, 5.74) is 7.43. The summed E-state index contributed by atoms with van der Waals surface area (Å²) in [4.78, 5) is 14.6. The van der Waals surface area contributed by atoms with Gasteiger partial charge in [-0.05, 0) is 49.8 Å². The molecule has 0 saturated carbocycles. The summed E-state index contributed by atoms with van der Waals surface area (Å²) in [5.74, 6) is 0.538. The van der Waals surface area contributed by atoms with E-state index in [2.05, 4.69) is 0 Å². The van der Waals surface area contributed by atoms with E-state index in [-0.39, 0.29) is 12.5 Å². The van der Waals surface area contributed by atoms with Crippen LogP contribution in [0, 0.1) is 5.92 Å². The van der Waals surface area contributed by atoms with E-state index in [0.29, 0.717) is 12.5 Å². The molecule has 1 aromatic rings. The molecule has 1 saturated heterocycles. The zero-order valence-electron chi connectivity index (χ0n) is 11.9. The summed E-state index contributed by atoms with van der Waals surface area (Å²) in [6.45, 7) is 2.34. The molecule has 0 bridgehead atoms. The largest absolute Gasteiger partial charge is 0.396 e. The van der Waals surface area contributed by atoms with Crippen LogP contribution in [0.1, 0.15) is 35.2 Å². The van der Waals surface area contributed by atoms with Gasteiger partial charge in [-0.2, -0.15) is 0 Å². The first-order valence-corrected chi connectivity index (χ1v) is 7.44. The minimum absolute atomic E-state index is 0.108. The van der Waals surface area contributed by atoms with Crippen molar-refractivity contribution in [2.75, 3.05) is 26.2 Å². The number of nitrogens with two attached hydrogens (primary N) is 1. The highest BCUT2D eigenvalue weighted by molar-refractivity contribution is 5.95. The number of hydrogen-bond acceptors (Lipinski definition) is 3. The zero-order valence-corrected chi connectivity index (χ0v) is 11.9. The van der Waals surface area contributed by atoms with E-state index in [1.54, 1.807) is 0 Å². The van der Waals surface area contributed by atoms with E-state index in [4.69, 9.17) is 10.8 Å². The van der Waals surface area contributed by atoms with Crippen molar-refractivity contribution in [1.29, 1.82) is 0 Å². The molecule has 1 aliphatic heterocycles. The minimum Gasteiger partial charge on any atom is -0.396 e. The number of aliphatic hydroxyl groups is 1. The highest BCUT2D eigenvalue weighted by Gasteiger charge is 2.25. The molecule has 20 heavy (non-hydrogen) atoms. The average molecular weight is 276 g/mol. The molecule has 1 heterocycles. The maximum absolute atomic E-state index is 12.7. The van der Waals surface area contributed by atoms with Gasteiger partial charge in [0.25, 0.3) is 5.91 Å². The van der Waals surface area contributed by atoms with Gasteiger partial charge >= 0.3 is 0 Å². The first-order valence-electron chi connectivity index (χ1n) is 7.44. The van der Waals surface area contributed by atoms with Crippen molar-refractivity contribution in [2.45, 2.75) is 25.7 Å². The number of nitrogens with zero attached hydrogens (tertiary/aromatic N) is 1. The van der Waals surface area contributed by atoms with Gasteiger partial charge in [0.05, 0.1) is 0 Å². The summed E-state index contributed by atoms with van der Waals surface area (Å²) in [6.07, 6.45) is 3.65. The number of likely N-dealkylation sites (tertiary alicyclic amines) is 1. The fourth-order valence-corrected chi connectivity index (χ4v) is 2.94. The lowest BCUT2D eigenvalue weighted by Gasteiger charge is -2.33. The van der Waals surface area contributed by atoms with Gasteiger partial charge in [0.1, 0.15) is 0 Å². The van der Waals surface area contributed by atoms with Crippen molar-refractivity contribution >= 4 is 5.91 Å². The molecule has 0 aromatic heterocycles. The van der Waals surface area contributed by atoms with Crippen LogP contribution in [0.25, 0.3) is 0 Å². The van der Waals surface area contributed by atoms with E-state index in [1.807, 2.05) is 29.2 Å². The summed E-state index contributed by atoms with van der Waals surface area (Å²) >= 11 is 0. The van der Waals surface area contributed by atoms with Crippen LogP contribution in [0.3, 0.4) is 0 Å². The lowest BCUT2D eigenvalue weighted by atomic mass is 9.94. The highest BCUT2D eigenvalue weighted by Crippen LogP contribution is 2.22. The molecule has 1 aliphatic rings. The second-order valence-electron chi connectivity index (χ2n) is 5.47. The maximum atomic E-state index is 12.7. The molecule has 4 nitrogen and oxygen atoms in total. The van der Waals surface area contributed by atoms with Gasteiger partial charge in [-0.15, -0.1) is 0 Å². The molecule has 1 amide bonds. The van der Waals surface area contributed by atoms with Gasteiger partial charge in [-0.25, -0.2) is 0 Å². The Balaban J connectivity index is 2.10. The summed E-state index contributed by atoms with van der Waals surface area (Å²) in [5, 5.41) is 9.06. The third-order valence-corrected chi connectivity index (χ3v) is 4.00. The Kier molecular flexibility index (Phi) is 5.56. The van der Waals surface area contributed by atoms with Crippen molar-refractivity contribution in [2.24, 2.45) is 11.7 Å². The van der Waals surface area contributed by atoms with Gasteiger partial charge in [0.2, 0.25) is 0 Å². The Bertz CT molecular complexity index is 446. The van der Waals surface area contributed by atoms with Crippen molar-refractivity contribution in [1.82, 2.24) is 4.90 Å². The maximum Gasteiger partial charge on any atom is 0.254 e. The van der Waals surface area contributed by atoms with Crippen LogP contribution >= 0.6 is 0 Å². The number of carbonyl (C=O) groups is 1. The molecule has 4 heteroatoms. The normalized spacial score (nSPS) is 19.1. The summed E-state index contributed by atoms with van der Waals surface area (Å²) in [7, 11) is 0. The van der Waals surface area contributed by atoms with Gasteiger partial charge in [-0.1, -0.05) is 18.2 Å². The molecule has 110 valence electrons. The van der Waals surface area contributed by atoms with Crippen molar-refractivity contribution in [3.8, 4) is 0 Å². The summed E-state index contributed by atoms with van der Waals surface area (Å²) in [6, 6.07) is 7.73. The van der Waals surface area contributed by atoms with E-state index >= 15 is 0 Å². The molecule has 1 unspecified atom stereocenters. The summed E-state index contributed by atoms with van der Waals surface area (Å²) < 4.78 is 0. The smallest absolute Gasteiger partial charge is 0.254 e. The Morgan fingerprint density at radius 1 is 1.40 bits per heavy atom. The third-order valence-electron chi connectivity index (χ3n) is 4.00. The van der Waals surface area contributed by atoms with Crippen LogP contribution in [-0.2, 0) is 6.42 Å². The van der Waals surface area contributed by atoms with Crippen LogP contribution in [0.2, 0.25) is 0 Å². The molecule has 2 rings (SSSR count).